The van der Waals surface area contributed by atoms with E-state index in [0.29, 0.717) is 12.1 Å². The molecular formula is C17H22N2O3. The summed E-state index contributed by atoms with van der Waals surface area (Å²) in [7, 11) is 0. The Labute approximate surface area is 130 Å². The summed E-state index contributed by atoms with van der Waals surface area (Å²) in [4.78, 5) is 28.6. The van der Waals surface area contributed by atoms with E-state index in [1.54, 1.807) is 12.1 Å². The molecule has 2 aliphatic heterocycles. The van der Waals surface area contributed by atoms with E-state index in [1.807, 2.05) is 18.2 Å². The molecule has 0 bridgehead atoms. The molecule has 0 radical (unpaired) electrons. The molecule has 2 amide bonds. The van der Waals surface area contributed by atoms with E-state index in [2.05, 4.69) is 4.90 Å². The summed E-state index contributed by atoms with van der Waals surface area (Å²) in [6.45, 7) is 0.954. The van der Waals surface area contributed by atoms with Gasteiger partial charge >= 0.3 is 0 Å². The summed E-state index contributed by atoms with van der Waals surface area (Å²) in [5, 5.41) is 9.24. The number of rotatable bonds is 4. The smallest absolute Gasteiger partial charge is 0.251 e. The molecule has 0 aromatic heterocycles. The van der Waals surface area contributed by atoms with E-state index in [4.69, 9.17) is 0 Å². The van der Waals surface area contributed by atoms with Gasteiger partial charge in [0.1, 0.15) is 0 Å². The van der Waals surface area contributed by atoms with Crippen LogP contribution in [0.1, 0.15) is 32.1 Å². The van der Waals surface area contributed by atoms with Crippen molar-refractivity contribution >= 4 is 17.5 Å². The Balaban J connectivity index is 1.81. The average Bonchev–Trinajstić information content (AvgIpc) is 2.84. The number of nitrogens with zero attached hydrogens (tertiary/aromatic N) is 2. The van der Waals surface area contributed by atoms with Crippen LogP contribution in [-0.2, 0) is 9.59 Å². The van der Waals surface area contributed by atoms with Crippen molar-refractivity contribution in [3.63, 3.8) is 0 Å². The minimum Gasteiger partial charge on any atom is -0.396 e. The van der Waals surface area contributed by atoms with Crippen molar-refractivity contribution in [2.24, 2.45) is 0 Å². The summed E-state index contributed by atoms with van der Waals surface area (Å²) in [5.41, 5.74) is 0.649. The maximum absolute atomic E-state index is 12.8. The highest BCUT2D eigenvalue weighted by atomic mass is 16.3. The lowest BCUT2D eigenvalue weighted by atomic mass is 9.97. The number of carbonyl (C=O) groups is 2. The molecule has 2 saturated heterocycles. The van der Waals surface area contributed by atoms with Crippen molar-refractivity contribution in [1.82, 2.24) is 4.90 Å². The first-order valence-electron chi connectivity index (χ1n) is 8.01. The van der Waals surface area contributed by atoms with Crippen LogP contribution in [0.25, 0.3) is 0 Å². The minimum absolute atomic E-state index is 0.123. The number of benzene rings is 1. The van der Waals surface area contributed by atoms with Gasteiger partial charge in [0.05, 0.1) is 18.2 Å². The molecule has 2 atom stereocenters. The van der Waals surface area contributed by atoms with Crippen LogP contribution in [0.4, 0.5) is 5.69 Å². The summed E-state index contributed by atoms with van der Waals surface area (Å²) < 4.78 is 0. The second kappa shape index (κ2) is 6.58. The molecule has 0 aliphatic carbocycles. The van der Waals surface area contributed by atoms with E-state index in [9.17, 15) is 14.7 Å². The summed E-state index contributed by atoms with van der Waals surface area (Å²) in [5.74, 6) is -0.254. The molecule has 0 saturated carbocycles. The van der Waals surface area contributed by atoms with Crippen LogP contribution >= 0.6 is 0 Å². The Morgan fingerprint density at radius 2 is 1.91 bits per heavy atom. The minimum atomic E-state index is -0.371. The van der Waals surface area contributed by atoms with Crippen molar-refractivity contribution in [2.45, 2.75) is 44.2 Å². The Hall–Kier alpha value is -1.72. The highest BCUT2D eigenvalue weighted by Crippen LogP contribution is 2.30. The van der Waals surface area contributed by atoms with Crippen LogP contribution in [0.5, 0.6) is 0 Å². The summed E-state index contributed by atoms with van der Waals surface area (Å²) >= 11 is 0. The fourth-order valence-electron chi connectivity index (χ4n) is 3.62. The lowest BCUT2D eigenvalue weighted by molar-refractivity contribution is -0.123. The number of hydrogen-bond acceptors (Lipinski definition) is 4. The van der Waals surface area contributed by atoms with Crippen molar-refractivity contribution in [2.75, 3.05) is 18.1 Å². The number of likely N-dealkylation sites (tertiary alicyclic amines) is 1. The molecule has 22 heavy (non-hydrogen) atoms. The second-order valence-corrected chi connectivity index (χ2v) is 6.02. The van der Waals surface area contributed by atoms with Crippen molar-refractivity contribution in [3.8, 4) is 0 Å². The number of anilines is 1. The number of aliphatic hydroxyl groups is 1. The highest BCUT2D eigenvalue weighted by Gasteiger charge is 2.44. The zero-order chi connectivity index (χ0) is 15.5. The van der Waals surface area contributed by atoms with Crippen LogP contribution in [0, 0.1) is 0 Å². The van der Waals surface area contributed by atoms with E-state index in [0.717, 1.165) is 25.8 Å². The van der Waals surface area contributed by atoms with Crippen LogP contribution in [-0.4, -0.2) is 47.1 Å². The van der Waals surface area contributed by atoms with Gasteiger partial charge in [-0.25, -0.2) is 4.90 Å². The van der Waals surface area contributed by atoms with Gasteiger partial charge in [-0.05, 0) is 37.9 Å². The molecule has 0 spiro atoms. The number of imide groups is 1. The predicted octanol–water partition coefficient (Wildman–Crippen LogP) is 1.56. The number of piperidine rings is 1. The van der Waals surface area contributed by atoms with Crippen molar-refractivity contribution in [3.05, 3.63) is 30.3 Å². The number of para-hydroxylation sites is 1. The van der Waals surface area contributed by atoms with Gasteiger partial charge in [-0.3, -0.25) is 14.5 Å². The fourth-order valence-corrected chi connectivity index (χ4v) is 3.62. The monoisotopic (exact) mass is 302 g/mol. The van der Waals surface area contributed by atoms with Crippen molar-refractivity contribution < 1.29 is 14.7 Å². The number of carbonyl (C=O) groups excluding carboxylic acids is 2. The molecule has 2 fully saturated rings. The third-order valence-electron chi connectivity index (χ3n) is 4.67. The van der Waals surface area contributed by atoms with Crippen LogP contribution < -0.4 is 4.90 Å². The quantitative estimate of drug-likeness (QED) is 0.857. The number of hydrogen-bond donors (Lipinski definition) is 1. The third-order valence-corrected chi connectivity index (χ3v) is 4.67. The number of amides is 2. The molecule has 118 valence electrons. The average molecular weight is 302 g/mol. The summed E-state index contributed by atoms with van der Waals surface area (Å²) in [6, 6.07) is 8.95. The van der Waals surface area contributed by atoms with Gasteiger partial charge in [-0.15, -0.1) is 0 Å². The Kier molecular flexibility index (Phi) is 4.55. The topological polar surface area (TPSA) is 60.9 Å². The largest absolute Gasteiger partial charge is 0.396 e. The van der Waals surface area contributed by atoms with Crippen molar-refractivity contribution in [1.29, 1.82) is 0 Å². The molecule has 1 aromatic carbocycles. The Morgan fingerprint density at radius 1 is 1.14 bits per heavy atom. The first kappa shape index (κ1) is 15.2. The molecule has 1 N–H and O–H groups in total. The lowest BCUT2D eigenvalue weighted by Gasteiger charge is -2.38. The van der Waals surface area contributed by atoms with E-state index in [1.165, 1.54) is 4.90 Å². The molecule has 3 rings (SSSR count). The third kappa shape index (κ3) is 2.78. The van der Waals surface area contributed by atoms with Gasteiger partial charge in [0.2, 0.25) is 5.91 Å². The molecule has 0 unspecified atom stereocenters. The molecule has 5 nitrogen and oxygen atoms in total. The fraction of sp³-hybridized carbons (Fsp3) is 0.529. The first-order valence-corrected chi connectivity index (χ1v) is 8.01. The zero-order valence-electron chi connectivity index (χ0n) is 12.6. The van der Waals surface area contributed by atoms with Gasteiger partial charge in [-0.2, -0.15) is 0 Å². The zero-order valence-corrected chi connectivity index (χ0v) is 12.6. The predicted molar refractivity (Wildman–Crippen MR) is 83.4 cm³/mol. The second-order valence-electron chi connectivity index (χ2n) is 6.02. The molecule has 1 aromatic rings. The van der Waals surface area contributed by atoms with Gasteiger partial charge in [0.25, 0.3) is 5.91 Å². The lowest BCUT2D eigenvalue weighted by Crippen LogP contribution is -2.50. The maximum atomic E-state index is 12.8. The van der Waals surface area contributed by atoms with E-state index >= 15 is 0 Å². The summed E-state index contributed by atoms with van der Waals surface area (Å²) in [6.07, 6.45) is 4.08. The van der Waals surface area contributed by atoms with Gasteiger partial charge in [0, 0.05) is 12.6 Å². The number of aliphatic hydroxyl groups excluding tert-OH is 1. The Morgan fingerprint density at radius 3 is 2.64 bits per heavy atom. The standard InChI is InChI=1S/C17H22N2O3/c20-11-9-13-6-4-5-10-18(13)15-12-16(21)19(17(15)22)14-7-2-1-3-8-14/h1-3,7-8,13,15,20H,4-6,9-12H2/t13-,15-/m1/s1. The van der Waals surface area contributed by atoms with Gasteiger partial charge < -0.3 is 5.11 Å². The van der Waals surface area contributed by atoms with Gasteiger partial charge in [-0.1, -0.05) is 24.6 Å². The first-order chi connectivity index (χ1) is 10.7. The maximum Gasteiger partial charge on any atom is 0.251 e. The van der Waals surface area contributed by atoms with Crippen LogP contribution in [0.15, 0.2) is 30.3 Å². The van der Waals surface area contributed by atoms with E-state index in [-0.39, 0.29) is 36.9 Å². The van der Waals surface area contributed by atoms with E-state index < -0.39 is 0 Å². The molecule has 2 aliphatic rings. The molecule has 5 heteroatoms. The van der Waals surface area contributed by atoms with Crippen LogP contribution in [0.3, 0.4) is 0 Å². The van der Waals surface area contributed by atoms with Gasteiger partial charge in [0.15, 0.2) is 0 Å². The SMILES string of the molecule is O=C1C[C@@H](N2CCCC[C@@H]2CCO)C(=O)N1c1ccccc1. The molecule has 2 heterocycles. The van der Waals surface area contributed by atoms with Crippen LogP contribution in [0.2, 0.25) is 0 Å². The Bertz CT molecular complexity index is 544. The normalized spacial score (nSPS) is 26.7. The highest BCUT2D eigenvalue weighted by molar-refractivity contribution is 6.22. The molecular weight excluding hydrogens is 280 g/mol.